The van der Waals surface area contributed by atoms with Crippen LogP contribution >= 0.6 is 22.9 Å². The molecule has 0 atom stereocenters. The summed E-state index contributed by atoms with van der Waals surface area (Å²) < 4.78 is 12.2. The van der Waals surface area contributed by atoms with Crippen LogP contribution in [0.15, 0.2) is 42.5 Å². The van der Waals surface area contributed by atoms with Gasteiger partial charge in [-0.3, -0.25) is 15.0 Å². The fourth-order valence-corrected chi connectivity index (χ4v) is 3.95. The molecule has 0 unspecified atom stereocenters. The minimum absolute atomic E-state index is 0.210. The number of halogens is 1. The van der Waals surface area contributed by atoms with Crippen molar-refractivity contribution in [2.45, 2.75) is 0 Å². The van der Waals surface area contributed by atoms with Gasteiger partial charge in [-0.1, -0.05) is 22.9 Å². The predicted octanol–water partition coefficient (Wildman–Crippen LogP) is 3.91. The molecule has 1 aromatic heterocycles. The molecule has 0 saturated carbocycles. The van der Waals surface area contributed by atoms with Gasteiger partial charge in [-0.2, -0.15) is 0 Å². The van der Waals surface area contributed by atoms with Crippen LogP contribution in [0.2, 0.25) is 5.02 Å². The zero-order valence-corrected chi connectivity index (χ0v) is 16.8. The van der Waals surface area contributed by atoms with Crippen molar-refractivity contribution in [1.82, 2.24) is 9.88 Å². The molecule has 1 aliphatic heterocycles. The van der Waals surface area contributed by atoms with E-state index in [2.05, 4.69) is 15.2 Å². The molecular formula is C20H20ClN3O3S. The summed E-state index contributed by atoms with van der Waals surface area (Å²) in [6.45, 7) is 4.99. The molecule has 1 saturated heterocycles. The van der Waals surface area contributed by atoms with Crippen molar-refractivity contribution in [3.63, 3.8) is 0 Å². The first-order valence-corrected chi connectivity index (χ1v) is 10.3. The molecular weight excluding hydrogens is 398 g/mol. The Balaban J connectivity index is 1.37. The SMILES string of the molecule is O=C(Nc1nc2ccc(OCCN3CCOCC3)cc2s1)c1ccc(Cl)cc1. The van der Waals surface area contributed by atoms with E-state index in [0.29, 0.717) is 22.3 Å². The Morgan fingerprint density at radius 1 is 1.21 bits per heavy atom. The van der Waals surface area contributed by atoms with Crippen molar-refractivity contribution in [3.8, 4) is 5.75 Å². The lowest BCUT2D eigenvalue weighted by Gasteiger charge is -2.26. The number of anilines is 1. The van der Waals surface area contributed by atoms with Crippen LogP contribution in [-0.4, -0.2) is 55.2 Å². The largest absolute Gasteiger partial charge is 0.492 e. The van der Waals surface area contributed by atoms with Gasteiger partial charge in [0.25, 0.3) is 5.91 Å². The van der Waals surface area contributed by atoms with E-state index in [1.165, 1.54) is 11.3 Å². The average Bonchev–Trinajstić information content (AvgIpc) is 3.11. The topological polar surface area (TPSA) is 63.7 Å². The number of fused-ring (bicyclic) bond motifs is 1. The number of ether oxygens (including phenoxy) is 2. The van der Waals surface area contributed by atoms with Gasteiger partial charge in [-0.05, 0) is 42.5 Å². The molecule has 4 rings (SSSR count). The Morgan fingerprint density at radius 3 is 2.79 bits per heavy atom. The van der Waals surface area contributed by atoms with Gasteiger partial charge in [0.15, 0.2) is 5.13 Å². The standard InChI is InChI=1S/C20H20ClN3O3S/c21-15-3-1-14(2-4-15)19(25)23-20-22-17-6-5-16(13-18(17)28-20)27-12-9-24-7-10-26-11-8-24/h1-6,13H,7-12H2,(H,22,23,25). The second kappa shape index (κ2) is 8.87. The van der Waals surface area contributed by atoms with Crippen LogP contribution in [-0.2, 0) is 4.74 Å². The maximum atomic E-state index is 12.3. The van der Waals surface area contributed by atoms with Gasteiger partial charge in [0.2, 0.25) is 0 Å². The smallest absolute Gasteiger partial charge is 0.257 e. The van der Waals surface area contributed by atoms with Crippen LogP contribution in [0, 0.1) is 0 Å². The normalized spacial score (nSPS) is 14.9. The molecule has 2 heterocycles. The van der Waals surface area contributed by atoms with Gasteiger partial charge in [0.05, 0.1) is 23.4 Å². The fraction of sp³-hybridized carbons (Fsp3) is 0.300. The summed E-state index contributed by atoms with van der Waals surface area (Å²) in [4.78, 5) is 19.1. The number of amides is 1. The summed E-state index contributed by atoms with van der Waals surface area (Å²) in [5.41, 5.74) is 1.37. The third-order valence-electron chi connectivity index (χ3n) is 4.47. The fourth-order valence-electron chi connectivity index (χ4n) is 2.94. The summed E-state index contributed by atoms with van der Waals surface area (Å²) in [5, 5.41) is 3.99. The third-order valence-corrected chi connectivity index (χ3v) is 5.65. The molecule has 8 heteroatoms. The number of hydrogen-bond donors (Lipinski definition) is 1. The second-order valence-corrected chi connectivity index (χ2v) is 7.88. The lowest BCUT2D eigenvalue weighted by Crippen LogP contribution is -2.38. The van der Waals surface area contributed by atoms with Crippen LogP contribution < -0.4 is 10.1 Å². The summed E-state index contributed by atoms with van der Waals surface area (Å²) in [6.07, 6.45) is 0. The molecule has 0 bridgehead atoms. The summed E-state index contributed by atoms with van der Waals surface area (Å²) in [6, 6.07) is 12.5. The van der Waals surface area contributed by atoms with Gasteiger partial charge >= 0.3 is 0 Å². The number of thiazole rings is 1. The predicted molar refractivity (Wildman–Crippen MR) is 112 cm³/mol. The van der Waals surface area contributed by atoms with Gasteiger partial charge in [-0.15, -0.1) is 0 Å². The highest BCUT2D eigenvalue weighted by molar-refractivity contribution is 7.22. The molecule has 28 heavy (non-hydrogen) atoms. The zero-order chi connectivity index (χ0) is 19.3. The van der Waals surface area contributed by atoms with Crippen molar-refractivity contribution >= 4 is 44.2 Å². The summed E-state index contributed by atoms with van der Waals surface area (Å²) in [5.74, 6) is 0.595. The van der Waals surface area contributed by atoms with Crippen LogP contribution in [0.25, 0.3) is 10.2 Å². The first-order valence-electron chi connectivity index (χ1n) is 9.08. The Morgan fingerprint density at radius 2 is 2.00 bits per heavy atom. The molecule has 0 radical (unpaired) electrons. The van der Waals surface area contributed by atoms with Crippen LogP contribution in [0.5, 0.6) is 5.75 Å². The van der Waals surface area contributed by atoms with E-state index in [9.17, 15) is 4.79 Å². The van der Waals surface area contributed by atoms with E-state index >= 15 is 0 Å². The van der Waals surface area contributed by atoms with Gasteiger partial charge in [-0.25, -0.2) is 4.98 Å². The Bertz CT molecular complexity index is 955. The zero-order valence-electron chi connectivity index (χ0n) is 15.2. The van der Waals surface area contributed by atoms with Crippen LogP contribution in [0.4, 0.5) is 5.13 Å². The molecule has 2 aromatic carbocycles. The minimum atomic E-state index is -0.210. The summed E-state index contributed by atoms with van der Waals surface area (Å²) >= 11 is 7.29. The quantitative estimate of drug-likeness (QED) is 0.658. The summed E-state index contributed by atoms with van der Waals surface area (Å²) in [7, 11) is 0. The number of nitrogens with zero attached hydrogens (tertiary/aromatic N) is 2. The van der Waals surface area contributed by atoms with Gasteiger partial charge < -0.3 is 9.47 Å². The minimum Gasteiger partial charge on any atom is -0.492 e. The molecule has 0 aliphatic carbocycles. The van der Waals surface area contributed by atoms with Crippen molar-refractivity contribution in [2.24, 2.45) is 0 Å². The maximum absolute atomic E-state index is 12.3. The van der Waals surface area contributed by atoms with Gasteiger partial charge in [0.1, 0.15) is 12.4 Å². The molecule has 1 N–H and O–H groups in total. The first-order chi connectivity index (χ1) is 13.7. The Kier molecular flexibility index (Phi) is 6.07. The number of hydrogen-bond acceptors (Lipinski definition) is 6. The van der Waals surface area contributed by atoms with E-state index in [0.717, 1.165) is 48.8 Å². The second-order valence-electron chi connectivity index (χ2n) is 6.41. The maximum Gasteiger partial charge on any atom is 0.257 e. The number of carbonyl (C=O) groups is 1. The van der Waals surface area contributed by atoms with E-state index in [4.69, 9.17) is 21.1 Å². The number of morpholine rings is 1. The van der Waals surface area contributed by atoms with Crippen molar-refractivity contribution < 1.29 is 14.3 Å². The van der Waals surface area contributed by atoms with Crippen molar-refractivity contribution in [2.75, 3.05) is 44.8 Å². The number of aromatic nitrogens is 1. The highest BCUT2D eigenvalue weighted by Crippen LogP contribution is 2.29. The monoisotopic (exact) mass is 417 g/mol. The van der Waals surface area contributed by atoms with E-state index in [1.807, 2.05) is 18.2 Å². The number of carbonyl (C=O) groups excluding carboxylic acids is 1. The first kappa shape index (κ1) is 19.1. The molecule has 1 amide bonds. The number of rotatable bonds is 6. The van der Waals surface area contributed by atoms with Crippen molar-refractivity contribution in [1.29, 1.82) is 0 Å². The highest BCUT2D eigenvalue weighted by atomic mass is 35.5. The molecule has 3 aromatic rings. The Labute approximate surface area is 172 Å². The molecule has 6 nitrogen and oxygen atoms in total. The lowest BCUT2D eigenvalue weighted by atomic mass is 10.2. The Hall–Kier alpha value is -2.19. The van der Waals surface area contributed by atoms with E-state index < -0.39 is 0 Å². The van der Waals surface area contributed by atoms with Gasteiger partial charge in [0, 0.05) is 30.2 Å². The van der Waals surface area contributed by atoms with E-state index in [-0.39, 0.29) is 5.91 Å². The lowest BCUT2D eigenvalue weighted by molar-refractivity contribution is 0.0322. The highest BCUT2D eigenvalue weighted by Gasteiger charge is 2.12. The molecule has 146 valence electrons. The molecule has 1 fully saturated rings. The third kappa shape index (κ3) is 4.80. The van der Waals surface area contributed by atoms with Crippen LogP contribution in [0.3, 0.4) is 0 Å². The number of benzene rings is 2. The van der Waals surface area contributed by atoms with Crippen LogP contribution in [0.1, 0.15) is 10.4 Å². The van der Waals surface area contributed by atoms with E-state index in [1.54, 1.807) is 24.3 Å². The van der Waals surface area contributed by atoms with Crippen molar-refractivity contribution in [3.05, 3.63) is 53.1 Å². The average molecular weight is 418 g/mol. The molecule has 1 aliphatic rings. The molecule has 0 spiro atoms. The number of nitrogens with one attached hydrogen (secondary N) is 1.